The summed E-state index contributed by atoms with van der Waals surface area (Å²) in [6.07, 6.45) is 6.54. The second-order valence-corrected chi connectivity index (χ2v) is 3.72. The highest BCUT2D eigenvalue weighted by atomic mass is 32.2. The number of terminal acetylenes is 1. The van der Waals surface area contributed by atoms with Gasteiger partial charge in [-0.15, -0.1) is 11.5 Å². The van der Waals surface area contributed by atoms with Crippen molar-refractivity contribution in [3.63, 3.8) is 0 Å². The van der Waals surface area contributed by atoms with Crippen LogP contribution in [0.15, 0.2) is 34.5 Å². The Balaban J connectivity index is 2.54. The first-order chi connectivity index (χ1) is 7.72. The van der Waals surface area contributed by atoms with Gasteiger partial charge in [0, 0.05) is 0 Å². The van der Waals surface area contributed by atoms with Crippen molar-refractivity contribution in [3.05, 3.63) is 35.6 Å². The van der Waals surface area contributed by atoms with Crippen LogP contribution in [-0.2, 0) is 0 Å². The van der Waals surface area contributed by atoms with Crippen LogP contribution in [0.3, 0.4) is 0 Å². The van der Waals surface area contributed by atoms with Gasteiger partial charge in [0.2, 0.25) is 0 Å². The molecule has 0 aliphatic rings. The molecule has 0 unspecified atom stereocenters. The summed E-state index contributed by atoms with van der Waals surface area (Å²) in [5, 5.41) is 7.77. The van der Waals surface area contributed by atoms with Crippen LogP contribution in [0.5, 0.6) is 0 Å². The van der Waals surface area contributed by atoms with Gasteiger partial charge in [-0.1, -0.05) is 29.8 Å². The molecule has 0 aromatic heterocycles. The van der Waals surface area contributed by atoms with Crippen LogP contribution in [0.25, 0.3) is 0 Å². The van der Waals surface area contributed by atoms with Crippen molar-refractivity contribution in [2.45, 2.75) is 0 Å². The maximum Gasteiger partial charge on any atom is 0.181 e. The van der Waals surface area contributed by atoms with Gasteiger partial charge in [0.05, 0.1) is 12.0 Å². The summed E-state index contributed by atoms with van der Waals surface area (Å²) in [4.78, 5) is 0. The van der Waals surface area contributed by atoms with Gasteiger partial charge in [-0.05, 0) is 17.7 Å². The Labute approximate surface area is 97.6 Å². The topological polar surface area (TPSA) is 50.7 Å². The molecule has 2 N–H and O–H groups in total. The number of hydrogen-bond acceptors (Lipinski definition) is 3. The second kappa shape index (κ2) is 6.64. The summed E-state index contributed by atoms with van der Waals surface area (Å²) in [5.41, 5.74) is 6.24. The second-order valence-electron chi connectivity index (χ2n) is 2.73. The molecule has 1 aromatic carbocycles. The lowest BCUT2D eigenvalue weighted by Gasteiger charge is -1.92. The molecule has 82 valence electrons. The maximum atomic E-state index is 12.6. The number of nitrogens with two attached hydrogens (primary N) is 1. The minimum Gasteiger partial charge on any atom is -0.377 e. The molecule has 0 saturated heterocycles. The number of rotatable bonds is 3. The van der Waals surface area contributed by atoms with Crippen LogP contribution in [0, 0.1) is 18.2 Å². The normalized spacial score (nSPS) is 11.6. The largest absolute Gasteiger partial charge is 0.377 e. The third-order valence-corrected chi connectivity index (χ3v) is 2.22. The molecule has 0 aliphatic heterocycles. The molecule has 0 bridgehead atoms. The standard InChI is InChI=1S/C11H10FN3S/c1-2-7-16-11(13)15-14-8-9-3-5-10(12)6-4-9/h1,3-6,8H,7H2,(H2,13,15)/b14-8-. The lowest BCUT2D eigenvalue weighted by Crippen LogP contribution is -2.05. The monoisotopic (exact) mass is 235 g/mol. The number of halogens is 1. The van der Waals surface area contributed by atoms with Crippen molar-refractivity contribution in [3.8, 4) is 12.3 Å². The van der Waals surface area contributed by atoms with Crippen LogP contribution < -0.4 is 5.73 Å². The molecule has 0 heterocycles. The molecule has 0 fully saturated rings. The molecule has 0 radical (unpaired) electrons. The van der Waals surface area contributed by atoms with E-state index < -0.39 is 0 Å². The summed E-state index contributed by atoms with van der Waals surface area (Å²) in [7, 11) is 0. The van der Waals surface area contributed by atoms with E-state index in [9.17, 15) is 4.39 Å². The molecule has 0 spiro atoms. The molecule has 1 aromatic rings. The summed E-state index contributed by atoms with van der Waals surface area (Å²) >= 11 is 1.23. The van der Waals surface area contributed by atoms with E-state index in [0.29, 0.717) is 10.9 Å². The van der Waals surface area contributed by atoms with Crippen molar-refractivity contribution in [2.75, 3.05) is 5.75 Å². The highest BCUT2D eigenvalue weighted by molar-refractivity contribution is 8.13. The quantitative estimate of drug-likeness (QED) is 0.376. The van der Waals surface area contributed by atoms with Crippen LogP contribution in [0.1, 0.15) is 5.56 Å². The summed E-state index contributed by atoms with van der Waals surface area (Å²) in [5.74, 6) is 2.59. The first-order valence-corrected chi connectivity index (χ1v) is 5.39. The van der Waals surface area contributed by atoms with Gasteiger partial charge >= 0.3 is 0 Å². The Bertz CT molecular complexity index is 432. The van der Waals surface area contributed by atoms with Gasteiger partial charge in [0.1, 0.15) is 5.82 Å². The minimum atomic E-state index is -0.287. The SMILES string of the molecule is C#CCS/C(N)=N\N=C/c1ccc(F)cc1. The Morgan fingerprint density at radius 1 is 1.50 bits per heavy atom. The van der Waals surface area contributed by atoms with Crippen molar-refractivity contribution < 1.29 is 4.39 Å². The van der Waals surface area contributed by atoms with E-state index in [1.807, 2.05) is 0 Å². The fraction of sp³-hybridized carbons (Fsp3) is 0.0909. The van der Waals surface area contributed by atoms with Crippen molar-refractivity contribution in [2.24, 2.45) is 15.9 Å². The average molecular weight is 235 g/mol. The Kier molecular flexibility index (Phi) is 5.09. The molecular formula is C11H10FN3S. The number of thioether (sulfide) groups is 1. The van der Waals surface area contributed by atoms with Crippen LogP contribution in [0.4, 0.5) is 4.39 Å². The first-order valence-electron chi connectivity index (χ1n) is 4.40. The third-order valence-electron chi connectivity index (χ3n) is 1.54. The molecule has 0 saturated carbocycles. The van der Waals surface area contributed by atoms with Crippen LogP contribution in [-0.4, -0.2) is 17.1 Å². The van der Waals surface area contributed by atoms with Gasteiger partial charge in [-0.3, -0.25) is 0 Å². The van der Waals surface area contributed by atoms with Gasteiger partial charge in [0.25, 0.3) is 0 Å². The lowest BCUT2D eigenvalue weighted by molar-refractivity contribution is 0.628. The highest BCUT2D eigenvalue weighted by Crippen LogP contribution is 2.01. The average Bonchev–Trinajstić information content (AvgIpc) is 2.29. The van der Waals surface area contributed by atoms with E-state index in [2.05, 4.69) is 16.1 Å². The van der Waals surface area contributed by atoms with Gasteiger partial charge in [0.15, 0.2) is 5.17 Å². The third kappa shape index (κ3) is 4.62. The smallest absolute Gasteiger partial charge is 0.181 e. The summed E-state index contributed by atoms with van der Waals surface area (Å²) in [6, 6.07) is 5.89. The number of amidine groups is 1. The molecular weight excluding hydrogens is 225 g/mol. The Hall–Kier alpha value is -1.80. The van der Waals surface area contributed by atoms with E-state index in [4.69, 9.17) is 12.2 Å². The minimum absolute atomic E-state index is 0.287. The van der Waals surface area contributed by atoms with E-state index in [1.54, 1.807) is 12.1 Å². The van der Waals surface area contributed by atoms with E-state index >= 15 is 0 Å². The Morgan fingerprint density at radius 2 is 2.19 bits per heavy atom. The zero-order valence-electron chi connectivity index (χ0n) is 8.43. The number of hydrogen-bond donors (Lipinski definition) is 1. The highest BCUT2D eigenvalue weighted by Gasteiger charge is 1.91. The molecule has 0 amide bonds. The fourth-order valence-corrected chi connectivity index (χ4v) is 1.18. The van der Waals surface area contributed by atoms with Gasteiger partial charge in [-0.2, -0.15) is 5.10 Å². The van der Waals surface area contributed by atoms with E-state index in [1.165, 1.54) is 30.1 Å². The van der Waals surface area contributed by atoms with E-state index in [-0.39, 0.29) is 5.82 Å². The lowest BCUT2D eigenvalue weighted by atomic mass is 10.2. The predicted molar refractivity (Wildman–Crippen MR) is 66.9 cm³/mol. The van der Waals surface area contributed by atoms with E-state index in [0.717, 1.165) is 5.56 Å². The predicted octanol–water partition coefficient (Wildman–Crippen LogP) is 1.84. The molecule has 0 atom stereocenters. The van der Waals surface area contributed by atoms with Crippen LogP contribution in [0.2, 0.25) is 0 Å². The molecule has 1 rings (SSSR count). The zero-order chi connectivity index (χ0) is 11.8. The molecule has 5 heteroatoms. The zero-order valence-corrected chi connectivity index (χ0v) is 9.25. The van der Waals surface area contributed by atoms with Crippen molar-refractivity contribution >= 4 is 23.1 Å². The van der Waals surface area contributed by atoms with Crippen molar-refractivity contribution in [1.82, 2.24) is 0 Å². The molecule has 16 heavy (non-hydrogen) atoms. The fourth-order valence-electron chi connectivity index (χ4n) is 0.846. The number of benzene rings is 1. The van der Waals surface area contributed by atoms with Gasteiger partial charge < -0.3 is 5.73 Å². The summed E-state index contributed by atoms with van der Waals surface area (Å²) in [6.45, 7) is 0. The first kappa shape index (κ1) is 12.3. The molecule has 0 aliphatic carbocycles. The summed E-state index contributed by atoms with van der Waals surface area (Å²) < 4.78 is 12.6. The van der Waals surface area contributed by atoms with Crippen LogP contribution >= 0.6 is 11.8 Å². The number of nitrogens with zero attached hydrogens (tertiary/aromatic N) is 2. The van der Waals surface area contributed by atoms with Crippen molar-refractivity contribution in [1.29, 1.82) is 0 Å². The van der Waals surface area contributed by atoms with Gasteiger partial charge in [-0.25, -0.2) is 4.39 Å². The Morgan fingerprint density at radius 3 is 2.81 bits per heavy atom. The maximum absolute atomic E-state index is 12.6. The molecule has 3 nitrogen and oxygen atoms in total.